The summed E-state index contributed by atoms with van der Waals surface area (Å²) in [5.41, 5.74) is 3.51. The van der Waals surface area contributed by atoms with E-state index in [9.17, 15) is 4.79 Å². The number of carbonyl (C=O) groups excluding carboxylic acids is 1. The van der Waals surface area contributed by atoms with Crippen LogP contribution in [0.2, 0.25) is 5.15 Å². The third kappa shape index (κ3) is 4.70. The lowest BCUT2D eigenvalue weighted by atomic mass is 10.0. The predicted octanol–water partition coefficient (Wildman–Crippen LogP) is 4.59. The summed E-state index contributed by atoms with van der Waals surface area (Å²) in [4.78, 5) is 18.9. The minimum absolute atomic E-state index is 0.162. The molecule has 0 radical (unpaired) electrons. The van der Waals surface area contributed by atoms with E-state index in [1.807, 2.05) is 48.6 Å². The number of halogens is 1. The lowest BCUT2D eigenvalue weighted by Crippen LogP contribution is -2.25. The van der Waals surface area contributed by atoms with Crippen LogP contribution in [0.15, 0.2) is 30.3 Å². The Balaban J connectivity index is 1.32. The van der Waals surface area contributed by atoms with E-state index in [1.54, 1.807) is 4.68 Å². The van der Waals surface area contributed by atoms with Crippen molar-refractivity contribution in [1.29, 1.82) is 0 Å². The molecule has 0 fully saturated rings. The lowest BCUT2D eigenvalue weighted by molar-refractivity contribution is 0.0952. The zero-order chi connectivity index (χ0) is 20.2. The Labute approximate surface area is 180 Å². The van der Waals surface area contributed by atoms with E-state index < -0.39 is 0 Å². The van der Waals surface area contributed by atoms with E-state index in [1.165, 1.54) is 34.8 Å². The molecule has 2 heterocycles. The highest BCUT2D eigenvalue weighted by Gasteiger charge is 2.20. The van der Waals surface area contributed by atoms with Gasteiger partial charge in [0.05, 0.1) is 28.5 Å². The minimum atomic E-state index is -0.162. The molecule has 1 N–H and O–H groups in total. The number of benzene rings is 1. The fourth-order valence-electron chi connectivity index (χ4n) is 3.71. The number of hydrogen-bond acceptors (Lipinski definition) is 4. The maximum Gasteiger partial charge on any atom is 0.256 e. The molecule has 29 heavy (non-hydrogen) atoms. The normalized spacial score (nSPS) is 13.3. The Morgan fingerprint density at radius 2 is 2.03 bits per heavy atom. The van der Waals surface area contributed by atoms with Gasteiger partial charge in [-0.1, -0.05) is 41.9 Å². The molecule has 7 heteroatoms. The van der Waals surface area contributed by atoms with E-state index in [0.29, 0.717) is 29.5 Å². The topological polar surface area (TPSA) is 59.8 Å². The number of nitrogens with one attached hydrogen (secondary N) is 1. The second kappa shape index (κ2) is 9.09. The number of hydrogen-bond donors (Lipinski definition) is 1. The Morgan fingerprint density at radius 1 is 1.24 bits per heavy atom. The number of carbonyl (C=O) groups is 1. The molecule has 3 aromatic rings. The van der Waals surface area contributed by atoms with Crippen molar-refractivity contribution < 1.29 is 4.79 Å². The highest BCUT2D eigenvalue weighted by molar-refractivity contribution is 7.11. The summed E-state index contributed by atoms with van der Waals surface area (Å²) in [5, 5.41) is 9.02. The highest BCUT2D eigenvalue weighted by Crippen LogP contribution is 2.27. The molecule has 1 amide bonds. The molecule has 0 saturated heterocycles. The van der Waals surface area contributed by atoms with Crippen molar-refractivity contribution in [3.05, 3.63) is 67.9 Å². The first kappa shape index (κ1) is 20.1. The van der Waals surface area contributed by atoms with E-state index >= 15 is 0 Å². The predicted molar refractivity (Wildman–Crippen MR) is 117 cm³/mol. The Hall–Kier alpha value is -2.18. The number of aryl methyl sites for hydroxylation is 4. The molecule has 0 bridgehead atoms. The first-order valence-electron chi connectivity index (χ1n) is 10.1. The van der Waals surface area contributed by atoms with Gasteiger partial charge in [-0.2, -0.15) is 5.10 Å². The molecule has 1 aromatic carbocycles. The summed E-state index contributed by atoms with van der Waals surface area (Å²) < 4.78 is 1.68. The van der Waals surface area contributed by atoms with Crippen molar-refractivity contribution in [2.75, 3.05) is 6.54 Å². The van der Waals surface area contributed by atoms with Crippen LogP contribution in [0.3, 0.4) is 0 Å². The van der Waals surface area contributed by atoms with Crippen LogP contribution in [0, 0.1) is 6.92 Å². The number of rotatable bonds is 7. The molecule has 1 aliphatic carbocycles. The average Bonchev–Trinajstić information content (AvgIpc) is 3.26. The lowest BCUT2D eigenvalue weighted by Gasteiger charge is -2.06. The zero-order valence-electron chi connectivity index (χ0n) is 16.6. The SMILES string of the molecule is Cc1nn(Cc2ccccc2)c(Cl)c1C(=O)NCCCc1nc2c(s1)CCCC2. The fraction of sp³-hybridized carbons (Fsp3) is 0.409. The van der Waals surface area contributed by atoms with Crippen LogP contribution in [0.25, 0.3) is 0 Å². The van der Waals surface area contributed by atoms with E-state index in [0.717, 1.165) is 24.8 Å². The van der Waals surface area contributed by atoms with Crippen LogP contribution >= 0.6 is 22.9 Å². The molecular weight excluding hydrogens is 404 g/mol. The van der Waals surface area contributed by atoms with Crippen molar-refractivity contribution in [1.82, 2.24) is 20.1 Å². The van der Waals surface area contributed by atoms with Crippen LogP contribution in [0.5, 0.6) is 0 Å². The third-order valence-corrected chi connectivity index (χ3v) is 6.81. The molecule has 0 atom stereocenters. The molecule has 0 spiro atoms. The van der Waals surface area contributed by atoms with Gasteiger partial charge in [-0.05, 0) is 44.6 Å². The Morgan fingerprint density at radius 3 is 2.83 bits per heavy atom. The van der Waals surface area contributed by atoms with Crippen molar-refractivity contribution in [2.24, 2.45) is 0 Å². The Bertz CT molecular complexity index is 972. The standard InChI is InChI=1S/C22H25ClN4OS/c1-15-20(21(23)27(26-15)14-16-8-3-2-4-9-16)22(28)24-13-7-12-19-25-17-10-5-6-11-18(17)29-19/h2-4,8-9H,5-7,10-14H2,1H3,(H,24,28). The van der Waals surface area contributed by atoms with E-state index in [2.05, 4.69) is 10.4 Å². The first-order valence-corrected chi connectivity index (χ1v) is 11.3. The summed E-state index contributed by atoms with van der Waals surface area (Å²) in [7, 11) is 0. The largest absolute Gasteiger partial charge is 0.352 e. The monoisotopic (exact) mass is 428 g/mol. The van der Waals surface area contributed by atoms with Crippen LogP contribution in [0.1, 0.15) is 56.5 Å². The molecule has 1 aliphatic rings. The van der Waals surface area contributed by atoms with Crippen molar-refractivity contribution in [2.45, 2.75) is 52.0 Å². The summed E-state index contributed by atoms with van der Waals surface area (Å²) in [6.07, 6.45) is 6.60. The van der Waals surface area contributed by atoms with Gasteiger partial charge in [-0.15, -0.1) is 11.3 Å². The molecule has 2 aromatic heterocycles. The number of aromatic nitrogens is 3. The van der Waals surface area contributed by atoms with Crippen molar-refractivity contribution >= 4 is 28.8 Å². The summed E-state index contributed by atoms with van der Waals surface area (Å²) in [5.74, 6) is -0.162. The van der Waals surface area contributed by atoms with E-state index in [4.69, 9.17) is 16.6 Å². The van der Waals surface area contributed by atoms with Gasteiger partial charge in [-0.25, -0.2) is 9.67 Å². The Kier molecular flexibility index (Phi) is 6.31. The molecule has 152 valence electrons. The first-order chi connectivity index (χ1) is 14.1. The maximum atomic E-state index is 12.7. The van der Waals surface area contributed by atoms with Gasteiger partial charge in [0.1, 0.15) is 5.15 Å². The highest BCUT2D eigenvalue weighted by atomic mass is 35.5. The van der Waals surface area contributed by atoms with Crippen LogP contribution in [0.4, 0.5) is 0 Å². The molecule has 4 rings (SSSR count). The zero-order valence-corrected chi connectivity index (χ0v) is 18.2. The van der Waals surface area contributed by atoms with Crippen LogP contribution in [-0.2, 0) is 25.8 Å². The van der Waals surface area contributed by atoms with Gasteiger partial charge in [0.25, 0.3) is 5.91 Å². The van der Waals surface area contributed by atoms with Crippen molar-refractivity contribution in [3.63, 3.8) is 0 Å². The van der Waals surface area contributed by atoms with Gasteiger partial charge in [0, 0.05) is 17.8 Å². The summed E-state index contributed by atoms with van der Waals surface area (Å²) >= 11 is 8.31. The second-order valence-electron chi connectivity index (χ2n) is 7.44. The smallest absolute Gasteiger partial charge is 0.256 e. The van der Waals surface area contributed by atoms with Crippen LogP contribution in [-0.4, -0.2) is 27.2 Å². The second-order valence-corrected chi connectivity index (χ2v) is 8.96. The fourth-order valence-corrected chi connectivity index (χ4v) is 5.23. The van der Waals surface area contributed by atoms with Gasteiger partial charge in [0.15, 0.2) is 0 Å². The third-order valence-electron chi connectivity index (χ3n) is 5.21. The summed E-state index contributed by atoms with van der Waals surface area (Å²) in [6.45, 7) is 2.97. The quantitative estimate of drug-likeness (QED) is 0.560. The van der Waals surface area contributed by atoms with Gasteiger partial charge >= 0.3 is 0 Å². The average molecular weight is 429 g/mol. The van der Waals surface area contributed by atoms with Crippen LogP contribution < -0.4 is 5.32 Å². The number of fused-ring (bicyclic) bond motifs is 1. The molecule has 0 saturated carbocycles. The van der Waals surface area contributed by atoms with Gasteiger partial charge in [-0.3, -0.25) is 4.79 Å². The number of nitrogens with zero attached hydrogens (tertiary/aromatic N) is 3. The van der Waals surface area contributed by atoms with Crippen molar-refractivity contribution in [3.8, 4) is 0 Å². The molecular formula is C22H25ClN4OS. The van der Waals surface area contributed by atoms with Gasteiger partial charge in [0.2, 0.25) is 0 Å². The molecule has 0 aliphatic heterocycles. The molecule has 5 nitrogen and oxygen atoms in total. The number of amides is 1. The van der Waals surface area contributed by atoms with E-state index in [-0.39, 0.29) is 5.91 Å². The maximum absolute atomic E-state index is 12.7. The number of thiazole rings is 1. The minimum Gasteiger partial charge on any atom is -0.352 e. The molecule has 0 unspecified atom stereocenters. The van der Waals surface area contributed by atoms with Gasteiger partial charge < -0.3 is 5.32 Å². The summed E-state index contributed by atoms with van der Waals surface area (Å²) in [6, 6.07) is 9.96.